The summed E-state index contributed by atoms with van der Waals surface area (Å²) in [6.07, 6.45) is 5.49. The highest BCUT2D eigenvalue weighted by Gasteiger charge is 2.35. The lowest BCUT2D eigenvalue weighted by Gasteiger charge is -2.38. The van der Waals surface area contributed by atoms with Gasteiger partial charge in [-0.3, -0.25) is 9.67 Å². The summed E-state index contributed by atoms with van der Waals surface area (Å²) in [7, 11) is 1.91. The van der Waals surface area contributed by atoms with Gasteiger partial charge in [0.1, 0.15) is 11.9 Å². The first-order valence-electron chi connectivity index (χ1n) is 11.1. The van der Waals surface area contributed by atoms with Crippen LogP contribution in [0.4, 0.5) is 4.39 Å². The van der Waals surface area contributed by atoms with Crippen molar-refractivity contribution in [2.45, 2.75) is 31.3 Å². The van der Waals surface area contributed by atoms with Crippen LogP contribution >= 0.6 is 24.0 Å². The van der Waals surface area contributed by atoms with Crippen molar-refractivity contribution in [3.8, 4) is 0 Å². The molecule has 2 fully saturated rings. The summed E-state index contributed by atoms with van der Waals surface area (Å²) in [5.41, 5.74) is 1.87. The molecule has 0 radical (unpaired) electrons. The van der Waals surface area contributed by atoms with E-state index >= 15 is 0 Å². The van der Waals surface area contributed by atoms with Crippen LogP contribution in [0.2, 0.25) is 0 Å². The Bertz CT molecular complexity index is 900. The number of aromatic nitrogens is 2. The van der Waals surface area contributed by atoms with E-state index < -0.39 is 0 Å². The molecular weight excluding hydrogens is 524 g/mol. The first-order valence-corrected chi connectivity index (χ1v) is 11.1. The molecule has 0 saturated carbocycles. The third-order valence-corrected chi connectivity index (χ3v) is 6.22. The Labute approximate surface area is 206 Å². The second-order valence-electron chi connectivity index (χ2n) is 8.33. The second-order valence-corrected chi connectivity index (χ2v) is 8.33. The number of ether oxygens (including phenoxy) is 2. The minimum atomic E-state index is -0.212. The van der Waals surface area contributed by atoms with Crippen LogP contribution in [0.3, 0.4) is 0 Å². The molecule has 0 spiro atoms. The molecule has 1 unspecified atom stereocenters. The molecule has 0 aliphatic carbocycles. The first kappa shape index (κ1) is 24.9. The molecule has 7 nitrogen and oxygen atoms in total. The van der Waals surface area contributed by atoms with Crippen molar-refractivity contribution in [2.24, 2.45) is 12.0 Å². The van der Waals surface area contributed by atoms with E-state index in [0.29, 0.717) is 32.9 Å². The highest BCUT2D eigenvalue weighted by atomic mass is 127. The van der Waals surface area contributed by atoms with E-state index in [-0.39, 0.29) is 41.3 Å². The lowest BCUT2D eigenvalue weighted by atomic mass is 9.74. The van der Waals surface area contributed by atoms with Crippen LogP contribution in [0.25, 0.3) is 0 Å². The van der Waals surface area contributed by atoms with E-state index in [0.717, 1.165) is 43.0 Å². The van der Waals surface area contributed by atoms with Gasteiger partial charge in [-0.1, -0.05) is 12.1 Å². The molecule has 1 aromatic heterocycles. The molecule has 0 bridgehead atoms. The predicted octanol–water partition coefficient (Wildman–Crippen LogP) is 3.26. The van der Waals surface area contributed by atoms with Crippen molar-refractivity contribution < 1.29 is 13.9 Å². The molecule has 9 heteroatoms. The van der Waals surface area contributed by atoms with Gasteiger partial charge in [-0.2, -0.15) is 5.10 Å². The maximum atomic E-state index is 14.0. The smallest absolute Gasteiger partial charge is 0.194 e. The minimum absolute atomic E-state index is 0. The summed E-state index contributed by atoms with van der Waals surface area (Å²) in [6, 6.07) is 6.96. The normalized spacial score (nSPS) is 21.2. The molecule has 1 atom stereocenters. The van der Waals surface area contributed by atoms with Gasteiger partial charge < -0.3 is 19.7 Å². The fourth-order valence-electron chi connectivity index (χ4n) is 4.42. The molecule has 4 rings (SSSR count). The Kier molecular flexibility index (Phi) is 8.89. The summed E-state index contributed by atoms with van der Waals surface area (Å²) in [6.45, 7) is 6.91. The van der Waals surface area contributed by atoms with Crippen LogP contribution < -0.4 is 5.32 Å². The minimum Gasteiger partial charge on any atom is -0.381 e. The Morgan fingerprint density at radius 1 is 1.31 bits per heavy atom. The number of guanidine groups is 1. The third-order valence-electron chi connectivity index (χ3n) is 6.22. The topological polar surface area (TPSA) is 63.9 Å². The number of aliphatic imine (C=N–C) groups is 1. The maximum Gasteiger partial charge on any atom is 0.194 e. The lowest BCUT2D eigenvalue weighted by molar-refractivity contribution is -0.00816. The van der Waals surface area contributed by atoms with Gasteiger partial charge in [0.2, 0.25) is 0 Å². The molecule has 1 N–H and O–H groups in total. The largest absolute Gasteiger partial charge is 0.381 e. The Hall–Kier alpha value is -1.72. The number of rotatable bonds is 5. The molecule has 2 aliphatic heterocycles. The van der Waals surface area contributed by atoms with E-state index in [1.165, 1.54) is 6.07 Å². The van der Waals surface area contributed by atoms with Crippen molar-refractivity contribution in [1.29, 1.82) is 0 Å². The standard InChI is InChI=1S/C23H32FN5O2.HI/c1-3-25-22(29-9-12-31-21(16-29)18-14-27-28(2)15-18)26-17-23(7-10-30-11-8-23)19-5-4-6-20(24)13-19;/h4-6,13-15,21H,3,7-12,16-17H2,1-2H3,(H,25,26);1H. The molecule has 176 valence electrons. The fraction of sp³-hybridized carbons (Fsp3) is 0.565. The van der Waals surface area contributed by atoms with Crippen LogP contribution in [-0.2, 0) is 21.9 Å². The zero-order valence-electron chi connectivity index (χ0n) is 18.8. The number of hydrogen-bond donors (Lipinski definition) is 1. The van der Waals surface area contributed by atoms with Gasteiger partial charge in [-0.05, 0) is 37.5 Å². The van der Waals surface area contributed by atoms with Gasteiger partial charge in [0.25, 0.3) is 0 Å². The van der Waals surface area contributed by atoms with E-state index in [2.05, 4.69) is 22.2 Å². The average molecular weight is 557 g/mol. The third kappa shape index (κ3) is 5.79. The van der Waals surface area contributed by atoms with Gasteiger partial charge >= 0.3 is 0 Å². The number of hydrogen-bond acceptors (Lipinski definition) is 4. The number of halogens is 2. The Morgan fingerprint density at radius 2 is 2.12 bits per heavy atom. The molecule has 2 aliphatic rings. The zero-order valence-corrected chi connectivity index (χ0v) is 21.1. The fourth-order valence-corrected chi connectivity index (χ4v) is 4.42. The van der Waals surface area contributed by atoms with Crippen molar-refractivity contribution >= 4 is 29.9 Å². The summed E-state index contributed by atoms with van der Waals surface area (Å²) >= 11 is 0. The van der Waals surface area contributed by atoms with E-state index in [4.69, 9.17) is 14.5 Å². The molecule has 32 heavy (non-hydrogen) atoms. The van der Waals surface area contributed by atoms with Gasteiger partial charge in [0, 0.05) is 50.5 Å². The van der Waals surface area contributed by atoms with Crippen LogP contribution in [0.1, 0.15) is 37.0 Å². The monoisotopic (exact) mass is 557 g/mol. The van der Waals surface area contributed by atoms with E-state index in [1.54, 1.807) is 16.8 Å². The second kappa shape index (κ2) is 11.4. The Morgan fingerprint density at radius 3 is 2.81 bits per heavy atom. The maximum absolute atomic E-state index is 14.0. The lowest BCUT2D eigenvalue weighted by Crippen LogP contribution is -2.49. The van der Waals surface area contributed by atoms with Gasteiger partial charge in [0.15, 0.2) is 5.96 Å². The quantitative estimate of drug-likeness (QED) is 0.348. The van der Waals surface area contributed by atoms with E-state index in [1.807, 2.05) is 25.5 Å². The van der Waals surface area contributed by atoms with Gasteiger partial charge in [-0.25, -0.2) is 4.39 Å². The van der Waals surface area contributed by atoms with E-state index in [9.17, 15) is 4.39 Å². The van der Waals surface area contributed by atoms with Crippen LogP contribution in [-0.4, -0.2) is 66.6 Å². The predicted molar refractivity (Wildman–Crippen MR) is 133 cm³/mol. The molecule has 3 heterocycles. The van der Waals surface area contributed by atoms with Crippen LogP contribution in [0.15, 0.2) is 41.7 Å². The SMILES string of the molecule is CCNC(=NCC1(c2cccc(F)c2)CCOCC1)N1CCOC(c2cnn(C)c2)C1.I. The van der Waals surface area contributed by atoms with Crippen molar-refractivity contribution in [2.75, 3.05) is 46.0 Å². The number of nitrogens with zero attached hydrogens (tertiary/aromatic N) is 4. The summed E-state index contributed by atoms with van der Waals surface area (Å²) in [5, 5.41) is 7.72. The highest BCUT2D eigenvalue weighted by Crippen LogP contribution is 2.35. The first-order chi connectivity index (χ1) is 15.1. The summed E-state index contributed by atoms with van der Waals surface area (Å²) in [4.78, 5) is 7.30. The number of nitrogens with one attached hydrogen (secondary N) is 1. The number of morpholine rings is 1. The van der Waals surface area contributed by atoms with Gasteiger partial charge in [0.05, 0.1) is 25.9 Å². The highest BCUT2D eigenvalue weighted by molar-refractivity contribution is 14.0. The molecule has 1 aromatic carbocycles. The molecular formula is C23H33FIN5O2. The summed E-state index contributed by atoms with van der Waals surface area (Å²) < 4.78 is 27.4. The summed E-state index contributed by atoms with van der Waals surface area (Å²) in [5.74, 6) is 0.675. The van der Waals surface area contributed by atoms with Crippen molar-refractivity contribution in [1.82, 2.24) is 20.0 Å². The van der Waals surface area contributed by atoms with Crippen molar-refractivity contribution in [3.63, 3.8) is 0 Å². The van der Waals surface area contributed by atoms with Crippen LogP contribution in [0, 0.1) is 5.82 Å². The molecule has 2 saturated heterocycles. The number of aryl methyl sites for hydroxylation is 1. The van der Waals surface area contributed by atoms with Crippen LogP contribution in [0.5, 0.6) is 0 Å². The molecule has 2 aromatic rings. The molecule has 0 amide bonds. The zero-order chi connectivity index (χ0) is 21.7. The Balaban J connectivity index is 0.00000289. The van der Waals surface area contributed by atoms with Crippen molar-refractivity contribution in [3.05, 3.63) is 53.6 Å². The van der Waals surface area contributed by atoms with Gasteiger partial charge in [-0.15, -0.1) is 24.0 Å². The average Bonchev–Trinajstić information content (AvgIpc) is 3.24. The number of benzene rings is 1.